The summed E-state index contributed by atoms with van der Waals surface area (Å²) in [7, 11) is 0. The zero-order valence-corrected chi connectivity index (χ0v) is 11.9. The van der Waals surface area contributed by atoms with Crippen molar-refractivity contribution < 1.29 is 19.4 Å². The Kier molecular flexibility index (Phi) is 6.56. The Balaban J connectivity index is 2.62. The molecule has 1 aromatic rings. The normalized spacial score (nSPS) is 11.7. The second-order valence-corrected chi connectivity index (χ2v) is 4.61. The third kappa shape index (κ3) is 6.22. The lowest BCUT2D eigenvalue weighted by Gasteiger charge is -2.17. The van der Waals surface area contributed by atoms with Gasteiger partial charge in [-0.05, 0) is 37.5 Å². The van der Waals surface area contributed by atoms with E-state index < -0.39 is 5.97 Å². The molecule has 1 atom stereocenters. The van der Waals surface area contributed by atoms with Crippen LogP contribution in [0.25, 0.3) is 0 Å². The van der Waals surface area contributed by atoms with Crippen molar-refractivity contribution in [1.82, 2.24) is 5.32 Å². The Bertz CT molecular complexity index is 442. The number of carboxylic acid groups (broad SMARTS) is 1. The molecule has 0 radical (unpaired) electrons. The molecular formula is C15H21NO4. The van der Waals surface area contributed by atoms with Crippen molar-refractivity contribution in [2.75, 3.05) is 6.61 Å². The predicted octanol–water partition coefficient (Wildman–Crippen LogP) is 2.00. The van der Waals surface area contributed by atoms with Crippen LogP contribution in [-0.4, -0.2) is 29.6 Å². The number of aliphatic carboxylic acids is 1. The van der Waals surface area contributed by atoms with Crippen molar-refractivity contribution in [3.05, 3.63) is 29.8 Å². The molecular weight excluding hydrogens is 258 g/mol. The number of rotatable bonds is 8. The van der Waals surface area contributed by atoms with Crippen LogP contribution in [0.4, 0.5) is 0 Å². The first-order valence-electron chi connectivity index (χ1n) is 6.72. The summed E-state index contributed by atoms with van der Waals surface area (Å²) in [5, 5.41) is 11.5. The standard InChI is InChI=1S/C15H21NO4/c1-3-20-14-7-4-12(5-8-14)10-13(16-11(2)17)6-9-15(18)19/h4-5,7-8,13H,3,6,9-10H2,1-2H3,(H,16,17)(H,18,19). The fourth-order valence-electron chi connectivity index (χ4n) is 1.98. The van der Waals surface area contributed by atoms with Crippen LogP contribution in [0.3, 0.4) is 0 Å². The molecule has 0 saturated carbocycles. The SMILES string of the molecule is CCOc1ccc(CC(CCC(=O)O)NC(C)=O)cc1. The Morgan fingerprint density at radius 1 is 1.30 bits per heavy atom. The molecule has 110 valence electrons. The molecule has 0 heterocycles. The van der Waals surface area contributed by atoms with Gasteiger partial charge in [0, 0.05) is 19.4 Å². The summed E-state index contributed by atoms with van der Waals surface area (Å²) in [6.45, 7) is 3.98. The molecule has 0 bridgehead atoms. The summed E-state index contributed by atoms with van der Waals surface area (Å²) in [5.74, 6) is -0.198. The number of amides is 1. The quantitative estimate of drug-likeness (QED) is 0.763. The van der Waals surface area contributed by atoms with E-state index in [-0.39, 0.29) is 18.4 Å². The van der Waals surface area contributed by atoms with E-state index in [9.17, 15) is 9.59 Å². The number of carbonyl (C=O) groups is 2. The van der Waals surface area contributed by atoms with Crippen LogP contribution in [0.5, 0.6) is 5.75 Å². The number of hydrogen-bond acceptors (Lipinski definition) is 3. The van der Waals surface area contributed by atoms with E-state index in [0.717, 1.165) is 11.3 Å². The van der Waals surface area contributed by atoms with E-state index in [1.165, 1.54) is 6.92 Å². The fraction of sp³-hybridized carbons (Fsp3) is 0.467. The molecule has 0 aromatic heterocycles. The van der Waals surface area contributed by atoms with Crippen LogP contribution in [0.15, 0.2) is 24.3 Å². The maximum Gasteiger partial charge on any atom is 0.303 e. The number of carboxylic acids is 1. The van der Waals surface area contributed by atoms with Crippen LogP contribution >= 0.6 is 0 Å². The van der Waals surface area contributed by atoms with E-state index in [2.05, 4.69) is 5.32 Å². The highest BCUT2D eigenvalue weighted by Gasteiger charge is 2.13. The number of benzene rings is 1. The average Bonchev–Trinajstić information content (AvgIpc) is 2.38. The highest BCUT2D eigenvalue weighted by Crippen LogP contribution is 2.14. The number of hydrogen-bond donors (Lipinski definition) is 2. The third-order valence-electron chi connectivity index (χ3n) is 2.83. The first-order valence-corrected chi connectivity index (χ1v) is 6.72. The van der Waals surface area contributed by atoms with E-state index >= 15 is 0 Å². The Morgan fingerprint density at radius 2 is 1.95 bits per heavy atom. The molecule has 0 saturated heterocycles. The summed E-state index contributed by atoms with van der Waals surface area (Å²) in [4.78, 5) is 21.8. The molecule has 0 aliphatic heterocycles. The second kappa shape index (κ2) is 8.19. The minimum Gasteiger partial charge on any atom is -0.494 e. The van der Waals surface area contributed by atoms with Crippen LogP contribution in [0, 0.1) is 0 Å². The molecule has 0 aliphatic rings. The lowest BCUT2D eigenvalue weighted by atomic mass is 10.0. The molecule has 0 fully saturated rings. The molecule has 1 rings (SSSR count). The summed E-state index contributed by atoms with van der Waals surface area (Å²) in [6.07, 6.45) is 1.07. The van der Waals surface area contributed by atoms with Crippen molar-refractivity contribution in [3.8, 4) is 5.75 Å². The predicted molar refractivity (Wildman–Crippen MR) is 75.8 cm³/mol. The topological polar surface area (TPSA) is 75.6 Å². The highest BCUT2D eigenvalue weighted by atomic mass is 16.5. The van der Waals surface area contributed by atoms with Gasteiger partial charge in [-0.25, -0.2) is 0 Å². The van der Waals surface area contributed by atoms with Gasteiger partial charge in [0.2, 0.25) is 5.91 Å². The second-order valence-electron chi connectivity index (χ2n) is 4.61. The summed E-state index contributed by atoms with van der Waals surface area (Å²) in [6, 6.07) is 7.45. The molecule has 5 nitrogen and oxygen atoms in total. The van der Waals surface area contributed by atoms with E-state index in [4.69, 9.17) is 9.84 Å². The van der Waals surface area contributed by atoms with Gasteiger partial charge >= 0.3 is 5.97 Å². The first-order chi connectivity index (χ1) is 9.51. The molecule has 5 heteroatoms. The van der Waals surface area contributed by atoms with Gasteiger partial charge in [0.05, 0.1) is 6.61 Å². The fourth-order valence-corrected chi connectivity index (χ4v) is 1.98. The van der Waals surface area contributed by atoms with Crippen LogP contribution < -0.4 is 10.1 Å². The van der Waals surface area contributed by atoms with Gasteiger partial charge < -0.3 is 15.2 Å². The largest absolute Gasteiger partial charge is 0.494 e. The Hall–Kier alpha value is -2.04. The number of carbonyl (C=O) groups excluding carboxylic acids is 1. The maximum absolute atomic E-state index is 11.1. The minimum atomic E-state index is -0.855. The maximum atomic E-state index is 11.1. The van der Waals surface area contributed by atoms with Crippen LogP contribution in [-0.2, 0) is 16.0 Å². The highest BCUT2D eigenvalue weighted by molar-refractivity contribution is 5.73. The van der Waals surface area contributed by atoms with E-state index in [0.29, 0.717) is 19.4 Å². The van der Waals surface area contributed by atoms with Crippen molar-refractivity contribution in [3.63, 3.8) is 0 Å². The monoisotopic (exact) mass is 279 g/mol. The Labute approximate surface area is 118 Å². The lowest BCUT2D eigenvalue weighted by molar-refractivity contribution is -0.137. The molecule has 1 aromatic carbocycles. The van der Waals surface area contributed by atoms with Gasteiger partial charge in [0.25, 0.3) is 0 Å². The van der Waals surface area contributed by atoms with Crippen molar-refractivity contribution in [2.45, 2.75) is 39.2 Å². The van der Waals surface area contributed by atoms with Gasteiger partial charge in [0.1, 0.15) is 5.75 Å². The number of nitrogens with one attached hydrogen (secondary N) is 1. The third-order valence-corrected chi connectivity index (χ3v) is 2.83. The van der Waals surface area contributed by atoms with Gasteiger partial charge in [-0.3, -0.25) is 9.59 Å². The van der Waals surface area contributed by atoms with Gasteiger partial charge in [-0.2, -0.15) is 0 Å². The molecule has 0 spiro atoms. The smallest absolute Gasteiger partial charge is 0.303 e. The molecule has 1 unspecified atom stereocenters. The molecule has 0 aliphatic carbocycles. The summed E-state index contributed by atoms with van der Waals surface area (Å²) in [5.41, 5.74) is 1.04. The van der Waals surface area contributed by atoms with Crippen molar-refractivity contribution in [1.29, 1.82) is 0 Å². The molecule has 1 amide bonds. The first kappa shape index (κ1) is 16.0. The zero-order chi connectivity index (χ0) is 15.0. The average molecular weight is 279 g/mol. The summed E-state index contributed by atoms with van der Waals surface area (Å²) < 4.78 is 5.36. The molecule has 20 heavy (non-hydrogen) atoms. The van der Waals surface area contributed by atoms with Crippen LogP contribution in [0.1, 0.15) is 32.3 Å². The van der Waals surface area contributed by atoms with E-state index in [1.807, 2.05) is 31.2 Å². The summed E-state index contributed by atoms with van der Waals surface area (Å²) >= 11 is 0. The van der Waals surface area contributed by atoms with Gasteiger partial charge in [0.15, 0.2) is 0 Å². The van der Waals surface area contributed by atoms with E-state index in [1.54, 1.807) is 0 Å². The van der Waals surface area contributed by atoms with Gasteiger partial charge in [-0.15, -0.1) is 0 Å². The number of ether oxygens (including phenoxy) is 1. The lowest BCUT2D eigenvalue weighted by Crippen LogP contribution is -2.35. The zero-order valence-electron chi connectivity index (χ0n) is 11.9. The van der Waals surface area contributed by atoms with Crippen molar-refractivity contribution in [2.24, 2.45) is 0 Å². The van der Waals surface area contributed by atoms with Crippen molar-refractivity contribution >= 4 is 11.9 Å². The van der Waals surface area contributed by atoms with Gasteiger partial charge in [-0.1, -0.05) is 12.1 Å². The van der Waals surface area contributed by atoms with Crippen LogP contribution in [0.2, 0.25) is 0 Å². The molecule has 2 N–H and O–H groups in total. The minimum absolute atomic E-state index is 0.0436. The Morgan fingerprint density at radius 3 is 2.45 bits per heavy atom.